The van der Waals surface area contributed by atoms with Crippen LogP contribution in [0.3, 0.4) is 0 Å². The Hall–Kier alpha value is -2.00. The van der Waals surface area contributed by atoms with Crippen molar-refractivity contribution < 1.29 is 27.4 Å². The van der Waals surface area contributed by atoms with E-state index in [0.29, 0.717) is 39.4 Å². The minimum Gasteiger partial charge on any atom is -0.493 e. The number of ether oxygens (including phenoxy) is 3. The van der Waals surface area contributed by atoms with Crippen molar-refractivity contribution in [3.05, 3.63) is 51.5 Å². The fourth-order valence-corrected chi connectivity index (χ4v) is 5.31. The fraction of sp³-hybridized carbons (Fsp3) is 0.458. The minimum absolute atomic E-state index is 0.0415. The van der Waals surface area contributed by atoms with Gasteiger partial charge in [-0.3, -0.25) is 9.69 Å². The first-order valence-corrected chi connectivity index (χ1v) is 13.6. The summed E-state index contributed by atoms with van der Waals surface area (Å²) in [5.74, 6) is 0.725. The van der Waals surface area contributed by atoms with Crippen LogP contribution >= 0.6 is 23.2 Å². The number of halogens is 2. The number of ketones is 1. The maximum absolute atomic E-state index is 14.0. The largest absolute Gasteiger partial charge is 0.493 e. The van der Waals surface area contributed by atoms with Crippen LogP contribution in [0.5, 0.6) is 17.2 Å². The normalized spacial score (nSPS) is 19.0. The monoisotopic (exact) mass is 529 g/mol. The summed E-state index contributed by atoms with van der Waals surface area (Å²) in [6, 6.07) is 8.02. The van der Waals surface area contributed by atoms with E-state index in [2.05, 4.69) is 0 Å². The first-order valence-electron chi connectivity index (χ1n) is 10.8. The van der Waals surface area contributed by atoms with E-state index in [0.717, 1.165) is 18.4 Å². The first-order chi connectivity index (χ1) is 16.1. The van der Waals surface area contributed by atoms with Crippen molar-refractivity contribution in [3.63, 3.8) is 0 Å². The number of methoxy groups -OCH3 is 3. The Morgan fingerprint density at radius 2 is 1.68 bits per heavy atom. The highest BCUT2D eigenvalue weighted by atomic mass is 35.5. The van der Waals surface area contributed by atoms with Crippen LogP contribution in [-0.4, -0.2) is 71.6 Å². The third kappa shape index (κ3) is 5.97. The van der Waals surface area contributed by atoms with Crippen molar-refractivity contribution in [2.24, 2.45) is 0 Å². The Labute approximate surface area is 210 Å². The van der Waals surface area contributed by atoms with Gasteiger partial charge in [0.1, 0.15) is 9.84 Å². The highest BCUT2D eigenvalue weighted by Crippen LogP contribution is 2.41. The standard InChI is InChI=1S/C24H29Cl2NO6S/c1-31-20-13-16(14-21(32-2)24(20)33-3)23(28)22-17(15-7-8-18(25)19(26)12-15)6-5-9-27(22)10-11-34(4,29)30/h7-8,12-14,17,22H,5-6,9-11H2,1-4H3. The molecule has 0 amide bonds. The van der Waals surface area contributed by atoms with Crippen LogP contribution in [0.1, 0.15) is 34.7 Å². The van der Waals surface area contributed by atoms with Crippen LogP contribution in [0.25, 0.3) is 0 Å². The summed E-state index contributed by atoms with van der Waals surface area (Å²) in [4.78, 5) is 16.0. The van der Waals surface area contributed by atoms with Crippen molar-refractivity contribution >= 4 is 38.8 Å². The van der Waals surface area contributed by atoms with E-state index in [9.17, 15) is 13.2 Å². The van der Waals surface area contributed by atoms with Crippen LogP contribution in [0, 0.1) is 0 Å². The van der Waals surface area contributed by atoms with E-state index in [1.165, 1.54) is 27.6 Å². The van der Waals surface area contributed by atoms with E-state index in [1.54, 1.807) is 24.3 Å². The molecule has 0 N–H and O–H groups in total. The third-order valence-corrected chi connectivity index (χ3v) is 7.74. The summed E-state index contributed by atoms with van der Waals surface area (Å²) < 4.78 is 40.1. The number of carbonyl (C=O) groups excluding carboxylic acids is 1. The summed E-state index contributed by atoms with van der Waals surface area (Å²) in [6.07, 6.45) is 2.76. The highest BCUT2D eigenvalue weighted by molar-refractivity contribution is 7.90. The predicted octanol–water partition coefficient (Wildman–Crippen LogP) is 4.49. The molecule has 2 atom stereocenters. The van der Waals surface area contributed by atoms with Gasteiger partial charge in [-0.1, -0.05) is 29.3 Å². The van der Waals surface area contributed by atoms with Gasteiger partial charge in [0.2, 0.25) is 5.75 Å². The molecule has 2 unspecified atom stereocenters. The molecule has 1 heterocycles. The van der Waals surface area contributed by atoms with Gasteiger partial charge >= 0.3 is 0 Å². The van der Waals surface area contributed by atoms with Gasteiger partial charge in [0.05, 0.1) is 43.2 Å². The second-order valence-electron chi connectivity index (χ2n) is 8.31. The quantitative estimate of drug-likeness (QED) is 0.442. The van der Waals surface area contributed by atoms with Crippen molar-refractivity contribution in [1.82, 2.24) is 4.90 Å². The van der Waals surface area contributed by atoms with Gasteiger partial charge in [0.25, 0.3) is 0 Å². The van der Waals surface area contributed by atoms with Gasteiger partial charge in [-0.15, -0.1) is 0 Å². The summed E-state index contributed by atoms with van der Waals surface area (Å²) in [6.45, 7) is 0.853. The molecule has 0 bridgehead atoms. The lowest BCUT2D eigenvalue weighted by atomic mass is 9.80. The molecule has 3 rings (SSSR count). The molecule has 1 saturated heterocycles. The average molecular weight is 530 g/mol. The van der Waals surface area contributed by atoms with E-state index in [1.807, 2.05) is 11.0 Å². The molecule has 186 valence electrons. The molecule has 34 heavy (non-hydrogen) atoms. The number of Topliss-reactive ketones (excluding diaryl/α,β-unsaturated/α-hetero) is 1. The molecule has 0 aromatic heterocycles. The molecule has 1 aliphatic heterocycles. The van der Waals surface area contributed by atoms with Crippen LogP contribution < -0.4 is 14.2 Å². The van der Waals surface area contributed by atoms with Gasteiger partial charge in [-0.05, 0) is 49.2 Å². The van der Waals surface area contributed by atoms with E-state index >= 15 is 0 Å². The van der Waals surface area contributed by atoms with Gasteiger partial charge in [-0.2, -0.15) is 0 Å². The molecule has 2 aromatic rings. The van der Waals surface area contributed by atoms with Crippen LogP contribution in [0.2, 0.25) is 10.0 Å². The fourth-order valence-electron chi connectivity index (χ4n) is 4.43. The van der Waals surface area contributed by atoms with Crippen LogP contribution in [0.15, 0.2) is 30.3 Å². The molecule has 10 heteroatoms. The lowest BCUT2D eigenvalue weighted by Gasteiger charge is -2.41. The number of piperidine rings is 1. The zero-order chi connectivity index (χ0) is 25.0. The summed E-state index contributed by atoms with van der Waals surface area (Å²) >= 11 is 12.4. The summed E-state index contributed by atoms with van der Waals surface area (Å²) in [5, 5.41) is 0.842. The molecular formula is C24H29Cl2NO6S. The molecule has 0 radical (unpaired) electrons. The van der Waals surface area contributed by atoms with Crippen LogP contribution in [0.4, 0.5) is 0 Å². The van der Waals surface area contributed by atoms with Gasteiger partial charge < -0.3 is 14.2 Å². The molecule has 0 aliphatic carbocycles. The lowest BCUT2D eigenvalue weighted by molar-refractivity contribution is 0.0710. The number of hydrogen-bond acceptors (Lipinski definition) is 7. The molecular weight excluding hydrogens is 501 g/mol. The maximum Gasteiger partial charge on any atom is 0.203 e. The van der Waals surface area contributed by atoms with Crippen molar-refractivity contribution in [2.45, 2.75) is 24.8 Å². The number of benzene rings is 2. The highest BCUT2D eigenvalue weighted by Gasteiger charge is 2.39. The Bertz CT molecular complexity index is 1130. The third-order valence-electron chi connectivity index (χ3n) is 6.07. The zero-order valence-corrected chi connectivity index (χ0v) is 22.0. The Morgan fingerprint density at radius 1 is 1.03 bits per heavy atom. The number of likely N-dealkylation sites (tertiary alicyclic amines) is 1. The van der Waals surface area contributed by atoms with E-state index < -0.39 is 15.9 Å². The number of rotatable bonds is 9. The van der Waals surface area contributed by atoms with Crippen molar-refractivity contribution in [1.29, 1.82) is 0 Å². The number of carbonyl (C=O) groups is 1. The zero-order valence-electron chi connectivity index (χ0n) is 19.6. The molecule has 7 nitrogen and oxygen atoms in total. The maximum atomic E-state index is 14.0. The second-order valence-corrected chi connectivity index (χ2v) is 11.4. The molecule has 0 spiro atoms. The number of nitrogens with zero attached hydrogens (tertiary/aromatic N) is 1. The Balaban J connectivity index is 2.09. The molecule has 1 fully saturated rings. The van der Waals surface area contributed by atoms with Crippen molar-refractivity contribution in [2.75, 3.05) is 46.4 Å². The molecule has 2 aromatic carbocycles. The minimum atomic E-state index is -3.21. The van der Waals surface area contributed by atoms with Gasteiger partial charge in [-0.25, -0.2) is 8.42 Å². The van der Waals surface area contributed by atoms with E-state index in [4.69, 9.17) is 37.4 Å². The number of hydrogen-bond donors (Lipinski definition) is 0. The number of sulfone groups is 1. The molecule has 0 saturated carbocycles. The smallest absolute Gasteiger partial charge is 0.203 e. The topological polar surface area (TPSA) is 82.1 Å². The van der Waals surface area contributed by atoms with Crippen molar-refractivity contribution in [3.8, 4) is 17.2 Å². The first kappa shape index (κ1) is 26.6. The van der Waals surface area contributed by atoms with Gasteiger partial charge in [0, 0.05) is 24.3 Å². The lowest BCUT2D eigenvalue weighted by Crippen LogP contribution is -2.50. The van der Waals surface area contributed by atoms with Gasteiger partial charge in [0.15, 0.2) is 17.3 Å². The average Bonchev–Trinajstić information content (AvgIpc) is 2.82. The summed E-state index contributed by atoms with van der Waals surface area (Å²) in [5.41, 5.74) is 1.26. The van der Waals surface area contributed by atoms with E-state index in [-0.39, 0.29) is 24.0 Å². The summed E-state index contributed by atoms with van der Waals surface area (Å²) in [7, 11) is 1.26. The second kappa shape index (κ2) is 11.2. The van der Waals surface area contributed by atoms with Crippen LogP contribution in [-0.2, 0) is 9.84 Å². The predicted molar refractivity (Wildman–Crippen MR) is 134 cm³/mol. The molecule has 1 aliphatic rings. The Kier molecular flexibility index (Phi) is 8.73. The Morgan fingerprint density at radius 3 is 2.21 bits per heavy atom. The SMILES string of the molecule is COc1cc(C(=O)C2C(c3ccc(Cl)c(Cl)c3)CCCN2CCS(C)(=O)=O)cc(OC)c1OC.